The van der Waals surface area contributed by atoms with Gasteiger partial charge in [-0.05, 0) is 96.3 Å². The molecule has 0 bridgehead atoms. The number of hydrogen-bond acceptors (Lipinski definition) is 18. The third kappa shape index (κ3) is 33.2. The van der Waals surface area contributed by atoms with Gasteiger partial charge in [-0.3, -0.25) is 4.79 Å². The number of allylic oxidation sites excluding steroid dienone is 17. The van der Waals surface area contributed by atoms with Crippen molar-refractivity contribution in [3.05, 3.63) is 109 Å². The molecule has 0 spiro atoms. The van der Waals surface area contributed by atoms with Gasteiger partial charge in [-0.1, -0.05) is 200 Å². The number of aliphatic hydroxyl groups excluding tert-OH is 11. The van der Waals surface area contributed by atoms with Crippen LogP contribution < -0.4 is 5.32 Å². The number of unbranched alkanes of at least 4 members (excludes halogenated alkanes) is 17. The van der Waals surface area contributed by atoms with Gasteiger partial charge in [0.15, 0.2) is 18.9 Å². The molecule has 0 saturated carbocycles. The van der Waals surface area contributed by atoms with E-state index in [9.17, 15) is 61.0 Å². The zero-order chi connectivity index (χ0) is 64.7. The van der Waals surface area contributed by atoms with E-state index < -0.39 is 124 Å². The van der Waals surface area contributed by atoms with Gasteiger partial charge < -0.3 is 89.9 Å². The molecule has 19 nitrogen and oxygen atoms in total. The Bertz CT molecular complexity index is 2040. The molecule has 3 saturated heterocycles. The second kappa shape index (κ2) is 50.9. The highest BCUT2D eigenvalue weighted by molar-refractivity contribution is 5.76. The molecule has 510 valence electrons. The Hall–Kier alpha value is -3.55. The average Bonchev–Trinajstić information content (AvgIpc) is 2.46. The highest BCUT2D eigenvalue weighted by Crippen LogP contribution is 2.33. The normalized spacial score (nSPS) is 28.9. The lowest BCUT2D eigenvalue weighted by Crippen LogP contribution is -2.66. The first-order valence-electron chi connectivity index (χ1n) is 33.6. The second-order valence-corrected chi connectivity index (χ2v) is 23.5. The van der Waals surface area contributed by atoms with Crippen LogP contribution in [0, 0.1) is 0 Å². The van der Waals surface area contributed by atoms with Gasteiger partial charge >= 0.3 is 0 Å². The van der Waals surface area contributed by atoms with Crippen molar-refractivity contribution in [1.82, 2.24) is 5.32 Å². The molecule has 3 fully saturated rings. The number of carbonyl (C=O) groups excluding carboxylic acids is 1. The molecule has 19 heteroatoms. The first-order valence-corrected chi connectivity index (χ1v) is 33.6. The molecule has 12 N–H and O–H groups in total. The summed E-state index contributed by atoms with van der Waals surface area (Å²) in [6, 6.07) is -1.01. The van der Waals surface area contributed by atoms with Crippen molar-refractivity contribution in [2.45, 2.75) is 298 Å². The van der Waals surface area contributed by atoms with Crippen LogP contribution in [0.2, 0.25) is 0 Å². The monoisotopic (exact) mass is 1260 g/mol. The summed E-state index contributed by atoms with van der Waals surface area (Å²) < 4.78 is 34.3. The number of amides is 1. The van der Waals surface area contributed by atoms with Crippen LogP contribution in [0.25, 0.3) is 0 Å². The van der Waals surface area contributed by atoms with E-state index in [4.69, 9.17) is 28.4 Å². The number of hydrogen-bond donors (Lipinski definition) is 12. The van der Waals surface area contributed by atoms with Crippen LogP contribution in [0.15, 0.2) is 109 Å². The summed E-state index contributed by atoms with van der Waals surface area (Å²) in [5, 5.41) is 120. The Morgan fingerprint density at radius 2 is 0.787 bits per heavy atom. The predicted molar refractivity (Wildman–Crippen MR) is 346 cm³/mol. The number of rotatable bonds is 49. The molecule has 3 heterocycles. The quantitative estimate of drug-likeness (QED) is 0.0201. The molecule has 0 aromatic rings. The van der Waals surface area contributed by atoms with Gasteiger partial charge in [0, 0.05) is 6.42 Å². The van der Waals surface area contributed by atoms with Crippen LogP contribution in [-0.2, 0) is 33.2 Å². The molecule has 3 rings (SSSR count). The van der Waals surface area contributed by atoms with Crippen molar-refractivity contribution in [2.24, 2.45) is 0 Å². The number of carbonyl (C=O) groups is 1. The SMILES string of the molecule is CC/C=C\C/C=C\C/C=C\C/C=C\C/C=C\C/C=C\CCCCCCCCCCC(=O)NC(COC1OC(CO)C(OC2OC(CO)C(OC3OC(CO)C(O)C(O)C3O)C(O)C2O)C(O)C1O)C(O)/C=C/CC/C=C/CC/C=C/CCCCCCCCC. The minimum absolute atomic E-state index is 0.215. The Morgan fingerprint density at radius 3 is 1.26 bits per heavy atom. The zero-order valence-corrected chi connectivity index (χ0v) is 53.6. The Labute approximate surface area is 532 Å². The largest absolute Gasteiger partial charge is 0.394 e. The molecule has 0 aromatic carbocycles. The number of nitrogens with one attached hydrogen (secondary N) is 1. The topological polar surface area (TPSA) is 307 Å². The van der Waals surface area contributed by atoms with E-state index in [1.807, 2.05) is 6.08 Å². The van der Waals surface area contributed by atoms with Crippen molar-refractivity contribution in [1.29, 1.82) is 0 Å². The van der Waals surface area contributed by atoms with Crippen molar-refractivity contribution < 1.29 is 89.4 Å². The average molecular weight is 1260 g/mol. The van der Waals surface area contributed by atoms with E-state index in [1.165, 1.54) is 51.4 Å². The molecular formula is C70H117NO18. The summed E-state index contributed by atoms with van der Waals surface area (Å²) in [6.45, 7) is 1.55. The maximum atomic E-state index is 13.4. The van der Waals surface area contributed by atoms with E-state index in [0.29, 0.717) is 12.8 Å². The van der Waals surface area contributed by atoms with Gasteiger partial charge in [0.05, 0.1) is 38.6 Å². The summed E-state index contributed by atoms with van der Waals surface area (Å²) in [5.74, 6) is -0.304. The minimum atomic E-state index is -1.99. The van der Waals surface area contributed by atoms with Gasteiger partial charge in [0.1, 0.15) is 73.2 Å². The van der Waals surface area contributed by atoms with Gasteiger partial charge in [0.25, 0.3) is 0 Å². The number of aliphatic hydroxyl groups is 11. The summed E-state index contributed by atoms with van der Waals surface area (Å²) >= 11 is 0. The van der Waals surface area contributed by atoms with Crippen LogP contribution in [0.3, 0.4) is 0 Å². The fourth-order valence-corrected chi connectivity index (χ4v) is 10.6. The molecular weight excluding hydrogens is 1140 g/mol. The van der Waals surface area contributed by atoms with E-state index in [2.05, 4.69) is 116 Å². The lowest BCUT2D eigenvalue weighted by Gasteiger charge is -2.48. The van der Waals surface area contributed by atoms with Crippen LogP contribution in [0.1, 0.15) is 194 Å². The molecule has 0 aliphatic carbocycles. The molecule has 3 aliphatic rings. The minimum Gasteiger partial charge on any atom is -0.394 e. The zero-order valence-electron chi connectivity index (χ0n) is 53.6. The lowest BCUT2D eigenvalue weighted by molar-refractivity contribution is -0.379. The van der Waals surface area contributed by atoms with Crippen LogP contribution in [-0.4, -0.2) is 193 Å². The maximum Gasteiger partial charge on any atom is 0.220 e. The van der Waals surface area contributed by atoms with Crippen LogP contribution in [0.5, 0.6) is 0 Å². The predicted octanol–water partition coefficient (Wildman–Crippen LogP) is 8.27. The van der Waals surface area contributed by atoms with E-state index >= 15 is 0 Å². The molecule has 17 unspecified atom stereocenters. The standard InChI is InChI=1S/C70H117NO18/c1-3-5-7-9-11-13-15-17-19-21-22-23-24-25-26-27-28-29-30-32-34-36-38-40-42-44-46-48-58(76)71-53(54(75)47-45-43-41-39-37-35-33-31-20-18-16-14-12-10-8-6-4-2)52-84-68-64(82)61(79)66(56(50-73)86-68)89-70-65(83)62(80)67(57(51-74)87-70)88-69-63(81)60(78)59(77)55(49-72)85-69/h5,7,11,13,17,19-20,22-23,25-26,28-29,31,37,39,45,47,53-57,59-70,72-75,77-83H,3-4,6,8-10,12,14-16,18,21,24,27,30,32-36,38,40-44,46,48-52H2,1-2H3,(H,71,76)/b7-5-,13-11-,19-17-,23-22-,26-25-,29-28-,31-20+,39-37+,47-45+. The Balaban J connectivity index is 1.46. The van der Waals surface area contributed by atoms with Gasteiger partial charge in [-0.25, -0.2) is 0 Å². The van der Waals surface area contributed by atoms with Crippen molar-refractivity contribution in [3.63, 3.8) is 0 Å². The number of ether oxygens (including phenoxy) is 6. The molecule has 0 aromatic heterocycles. The fraction of sp³-hybridized carbons (Fsp3) is 0.729. The third-order valence-electron chi connectivity index (χ3n) is 16.0. The Morgan fingerprint density at radius 1 is 0.416 bits per heavy atom. The van der Waals surface area contributed by atoms with Gasteiger partial charge in [-0.2, -0.15) is 0 Å². The lowest BCUT2D eigenvalue weighted by atomic mass is 9.96. The molecule has 1 amide bonds. The third-order valence-corrected chi connectivity index (χ3v) is 16.0. The molecule has 3 aliphatic heterocycles. The first-order chi connectivity index (χ1) is 43.3. The van der Waals surface area contributed by atoms with Gasteiger partial charge in [0.2, 0.25) is 5.91 Å². The fourth-order valence-electron chi connectivity index (χ4n) is 10.6. The van der Waals surface area contributed by atoms with Crippen LogP contribution in [0.4, 0.5) is 0 Å². The second-order valence-electron chi connectivity index (χ2n) is 23.5. The molecule has 0 radical (unpaired) electrons. The van der Waals surface area contributed by atoms with E-state index in [1.54, 1.807) is 6.08 Å². The summed E-state index contributed by atoms with van der Waals surface area (Å²) in [6.07, 6.45) is 40.6. The van der Waals surface area contributed by atoms with E-state index in [0.717, 1.165) is 109 Å². The van der Waals surface area contributed by atoms with E-state index in [-0.39, 0.29) is 18.9 Å². The van der Waals surface area contributed by atoms with Crippen LogP contribution >= 0.6 is 0 Å². The summed E-state index contributed by atoms with van der Waals surface area (Å²) in [7, 11) is 0. The molecule has 17 atom stereocenters. The first kappa shape index (κ1) is 79.7. The van der Waals surface area contributed by atoms with Crippen molar-refractivity contribution in [2.75, 3.05) is 26.4 Å². The highest BCUT2D eigenvalue weighted by Gasteiger charge is 2.53. The Kier molecular flexibility index (Phi) is 45.6. The summed E-state index contributed by atoms with van der Waals surface area (Å²) in [5.41, 5.74) is 0. The van der Waals surface area contributed by atoms with Crippen molar-refractivity contribution >= 4 is 5.91 Å². The summed E-state index contributed by atoms with van der Waals surface area (Å²) in [4.78, 5) is 13.4. The van der Waals surface area contributed by atoms with Gasteiger partial charge in [-0.15, -0.1) is 0 Å². The molecule has 89 heavy (non-hydrogen) atoms. The maximum absolute atomic E-state index is 13.4. The smallest absolute Gasteiger partial charge is 0.220 e. The highest BCUT2D eigenvalue weighted by atomic mass is 16.8. The van der Waals surface area contributed by atoms with Crippen molar-refractivity contribution in [3.8, 4) is 0 Å².